The topological polar surface area (TPSA) is 90.0 Å². The number of para-hydroxylation sites is 1. The fourth-order valence-electron chi connectivity index (χ4n) is 3.25. The Bertz CT molecular complexity index is 1220. The van der Waals surface area contributed by atoms with Gasteiger partial charge in [0.1, 0.15) is 18.4 Å². The minimum atomic E-state index is -4.27. The summed E-state index contributed by atoms with van der Waals surface area (Å²) in [5, 5.41) is 3.48. The second kappa shape index (κ2) is 11.8. The van der Waals surface area contributed by atoms with Crippen molar-refractivity contribution in [1.82, 2.24) is 14.5 Å². The van der Waals surface area contributed by atoms with Crippen LogP contribution in [0.2, 0.25) is 10.0 Å². The number of hydrogen-bond donors (Lipinski definition) is 1. The molecule has 1 N–H and O–H groups in total. The molecule has 2 amide bonds. The fraction of sp³-hybridized carbons (Fsp3) is 0.417. The third kappa shape index (κ3) is 7.55. The van der Waals surface area contributed by atoms with Crippen LogP contribution >= 0.6 is 23.2 Å². The maximum absolute atomic E-state index is 14.7. The van der Waals surface area contributed by atoms with Crippen LogP contribution in [0.15, 0.2) is 42.5 Å². The van der Waals surface area contributed by atoms with Crippen molar-refractivity contribution in [3.8, 4) is 0 Å². The molecule has 198 valence electrons. The predicted octanol–water partition coefficient (Wildman–Crippen LogP) is 4.08. The molecule has 0 saturated carbocycles. The third-order valence-corrected chi connectivity index (χ3v) is 7.55. The van der Waals surface area contributed by atoms with E-state index in [1.807, 2.05) is 0 Å². The van der Waals surface area contributed by atoms with E-state index in [0.717, 1.165) is 10.4 Å². The molecule has 0 aliphatic rings. The van der Waals surface area contributed by atoms with Gasteiger partial charge in [-0.2, -0.15) is 12.7 Å². The SMILES string of the molecule is C[C@H](C(=O)NC(C)(C)C)N(Cc1ccc(Cl)cc1Cl)C(=O)CN(c1ccccc1F)S(=O)(=O)N(C)C. The zero-order valence-corrected chi connectivity index (χ0v) is 23.4. The molecule has 2 aromatic carbocycles. The highest BCUT2D eigenvalue weighted by Crippen LogP contribution is 2.26. The number of nitrogens with zero attached hydrogens (tertiary/aromatic N) is 3. The zero-order chi connectivity index (χ0) is 27.4. The van der Waals surface area contributed by atoms with Gasteiger partial charge in [-0.3, -0.25) is 9.59 Å². The van der Waals surface area contributed by atoms with Crippen LogP contribution in [0.3, 0.4) is 0 Å². The van der Waals surface area contributed by atoms with E-state index in [4.69, 9.17) is 23.2 Å². The summed E-state index contributed by atoms with van der Waals surface area (Å²) in [6.45, 7) is 6.05. The summed E-state index contributed by atoms with van der Waals surface area (Å²) in [5.41, 5.74) is -0.376. The summed E-state index contributed by atoms with van der Waals surface area (Å²) in [6.07, 6.45) is 0. The van der Waals surface area contributed by atoms with Gasteiger partial charge in [-0.1, -0.05) is 41.4 Å². The summed E-state index contributed by atoms with van der Waals surface area (Å²) in [6, 6.07) is 8.94. The van der Waals surface area contributed by atoms with Crippen LogP contribution < -0.4 is 9.62 Å². The second-order valence-corrected chi connectivity index (χ2v) is 12.3. The Morgan fingerprint density at radius 1 is 1.08 bits per heavy atom. The lowest BCUT2D eigenvalue weighted by atomic mass is 10.1. The Hall–Kier alpha value is -2.40. The number of rotatable bonds is 9. The molecule has 0 aromatic heterocycles. The van der Waals surface area contributed by atoms with Crippen LogP contribution in [0, 0.1) is 5.82 Å². The molecule has 0 aliphatic heterocycles. The predicted molar refractivity (Wildman–Crippen MR) is 141 cm³/mol. The summed E-state index contributed by atoms with van der Waals surface area (Å²) in [4.78, 5) is 27.8. The van der Waals surface area contributed by atoms with Crippen LogP contribution in [0.5, 0.6) is 0 Å². The van der Waals surface area contributed by atoms with E-state index >= 15 is 0 Å². The minimum absolute atomic E-state index is 0.110. The number of halogens is 3. The Labute approximate surface area is 222 Å². The number of amides is 2. The fourth-order valence-corrected chi connectivity index (χ4v) is 4.78. The quantitative estimate of drug-likeness (QED) is 0.500. The minimum Gasteiger partial charge on any atom is -0.350 e. The third-order valence-electron chi connectivity index (χ3n) is 5.16. The highest BCUT2D eigenvalue weighted by atomic mass is 35.5. The van der Waals surface area contributed by atoms with Crippen molar-refractivity contribution in [1.29, 1.82) is 0 Å². The molecule has 0 aliphatic carbocycles. The smallest absolute Gasteiger partial charge is 0.304 e. The molecule has 36 heavy (non-hydrogen) atoms. The van der Waals surface area contributed by atoms with Crippen molar-refractivity contribution in [3.63, 3.8) is 0 Å². The zero-order valence-electron chi connectivity index (χ0n) is 21.0. The van der Waals surface area contributed by atoms with Gasteiger partial charge in [0.15, 0.2) is 0 Å². The Morgan fingerprint density at radius 2 is 1.69 bits per heavy atom. The highest BCUT2D eigenvalue weighted by molar-refractivity contribution is 7.90. The van der Waals surface area contributed by atoms with E-state index in [0.29, 0.717) is 14.9 Å². The van der Waals surface area contributed by atoms with E-state index < -0.39 is 46.0 Å². The Morgan fingerprint density at radius 3 is 2.22 bits per heavy atom. The molecular weight excluding hydrogens is 530 g/mol. The number of carbonyl (C=O) groups is 2. The highest BCUT2D eigenvalue weighted by Gasteiger charge is 2.34. The van der Waals surface area contributed by atoms with E-state index in [1.54, 1.807) is 32.9 Å². The largest absolute Gasteiger partial charge is 0.350 e. The molecule has 2 rings (SSSR count). The van der Waals surface area contributed by atoms with E-state index in [2.05, 4.69) is 5.32 Å². The normalized spacial score (nSPS) is 12.8. The van der Waals surface area contributed by atoms with Gasteiger partial charge in [0.2, 0.25) is 11.8 Å². The molecule has 0 spiro atoms. The van der Waals surface area contributed by atoms with Gasteiger partial charge in [0, 0.05) is 36.2 Å². The number of hydrogen-bond acceptors (Lipinski definition) is 4. The van der Waals surface area contributed by atoms with Crippen LogP contribution in [0.1, 0.15) is 33.3 Å². The number of benzene rings is 2. The lowest BCUT2D eigenvalue weighted by Gasteiger charge is -2.34. The molecule has 0 bridgehead atoms. The standard InChI is InChI=1S/C24H31Cl2FN4O4S/c1-16(23(33)28-24(2,3)4)30(14-17-11-12-18(25)13-19(17)26)22(32)15-31(36(34,35)29(5)6)21-10-8-7-9-20(21)27/h7-13,16H,14-15H2,1-6H3,(H,28,33)/t16-/m1/s1. The first kappa shape index (κ1) is 29.8. The molecule has 0 fully saturated rings. The monoisotopic (exact) mass is 560 g/mol. The van der Waals surface area contributed by atoms with Gasteiger partial charge < -0.3 is 10.2 Å². The average Bonchev–Trinajstić information content (AvgIpc) is 2.75. The van der Waals surface area contributed by atoms with Crippen LogP contribution in [0.4, 0.5) is 10.1 Å². The van der Waals surface area contributed by atoms with Crippen molar-refractivity contribution in [3.05, 3.63) is 63.9 Å². The number of carbonyl (C=O) groups excluding carboxylic acids is 2. The molecule has 0 radical (unpaired) electrons. The molecule has 2 aromatic rings. The first-order valence-electron chi connectivity index (χ1n) is 11.0. The van der Waals surface area contributed by atoms with Crippen LogP contribution in [0.25, 0.3) is 0 Å². The molecule has 12 heteroatoms. The summed E-state index contributed by atoms with van der Waals surface area (Å²) >= 11 is 12.3. The molecule has 0 saturated heterocycles. The van der Waals surface area contributed by atoms with Gasteiger partial charge in [0.25, 0.3) is 0 Å². The lowest BCUT2D eigenvalue weighted by Crippen LogP contribution is -2.55. The van der Waals surface area contributed by atoms with Crippen molar-refractivity contribution < 1.29 is 22.4 Å². The number of nitrogens with one attached hydrogen (secondary N) is 1. The van der Waals surface area contributed by atoms with Gasteiger partial charge in [-0.15, -0.1) is 0 Å². The Kier molecular flexibility index (Phi) is 9.75. The Balaban J connectivity index is 2.52. The van der Waals surface area contributed by atoms with Crippen LogP contribution in [-0.2, 0) is 26.3 Å². The molecular formula is C24H31Cl2FN4O4S. The van der Waals surface area contributed by atoms with E-state index in [9.17, 15) is 22.4 Å². The van der Waals surface area contributed by atoms with Gasteiger partial charge >= 0.3 is 10.2 Å². The molecule has 0 unspecified atom stereocenters. The maximum atomic E-state index is 14.7. The van der Waals surface area contributed by atoms with Gasteiger partial charge in [-0.25, -0.2) is 8.70 Å². The van der Waals surface area contributed by atoms with Crippen molar-refractivity contribution in [2.75, 3.05) is 24.9 Å². The maximum Gasteiger partial charge on any atom is 0.304 e. The summed E-state index contributed by atoms with van der Waals surface area (Å²) < 4.78 is 42.4. The van der Waals surface area contributed by atoms with Crippen LogP contribution in [-0.4, -0.2) is 61.7 Å². The molecule has 0 heterocycles. The first-order chi connectivity index (χ1) is 16.5. The van der Waals surface area contributed by atoms with Crippen molar-refractivity contribution in [2.45, 2.75) is 45.8 Å². The second-order valence-electron chi connectivity index (χ2n) is 9.42. The molecule has 8 nitrogen and oxygen atoms in total. The lowest BCUT2D eigenvalue weighted by molar-refractivity contribution is -0.140. The summed E-state index contributed by atoms with van der Waals surface area (Å²) in [7, 11) is -1.72. The van der Waals surface area contributed by atoms with Crippen molar-refractivity contribution in [2.24, 2.45) is 0 Å². The van der Waals surface area contributed by atoms with E-state index in [-0.39, 0.29) is 17.3 Å². The van der Waals surface area contributed by atoms with Gasteiger partial charge in [0.05, 0.1) is 5.69 Å². The average molecular weight is 562 g/mol. The van der Waals surface area contributed by atoms with Crippen molar-refractivity contribution >= 4 is 50.9 Å². The van der Waals surface area contributed by atoms with E-state index in [1.165, 1.54) is 50.2 Å². The first-order valence-corrected chi connectivity index (χ1v) is 13.2. The number of anilines is 1. The summed E-state index contributed by atoms with van der Waals surface area (Å²) in [5.74, 6) is -2.00. The molecule has 1 atom stereocenters. The van der Waals surface area contributed by atoms with Gasteiger partial charge in [-0.05, 0) is 57.5 Å².